The number of benzene rings is 1. The van der Waals surface area contributed by atoms with Crippen molar-refractivity contribution in [3.63, 3.8) is 0 Å². The minimum Gasteiger partial charge on any atom is -0.480 e. The van der Waals surface area contributed by atoms with Crippen molar-refractivity contribution in [3.8, 4) is 34.8 Å². The van der Waals surface area contributed by atoms with E-state index < -0.39 is 15.9 Å². The Morgan fingerprint density at radius 2 is 1.63 bits per heavy atom. The van der Waals surface area contributed by atoms with Crippen LogP contribution in [0, 0.1) is 20.8 Å². The van der Waals surface area contributed by atoms with Crippen molar-refractivity contribution in [1.29, 1.82) is 0 Å². The molecule has 1 aromatic carbocycles. The second kappa shape index (κ2) is 10.8. The van der Waals surface area contributed by atoms with Crippen LogP contribution >= 0.6 is 0 Å². The number of hydrogen-bond acceptors (Lipinski definition) is 10. The van der Waals surface area contributed by atoms with Gasteiger partial charge in [0, 0.05) is 12.4 Å². The Hall–Kier alpha value is -4.58. The van der Waals surface area contributed by atoms with Crippen LogP contribution in [0.15, 0.2) is 59.9 Å². The molecule has 0 saturated heterocycles. The first kappa shape index (κ1) is 26.5. The van der Waals surface area contributed by atoms with Crippen molar-refractivity contribution < 1.29 is 27.4 Å². The van der Waals surface area contributed by atoms with Crippen LogP contribution in [-0.4, -0.2) is 48.5 Å². The maximum absolute atomic E-state index is 13.2. The molecule has 4 rings (SSSR count). The molecule has 196 valence electrons. The largest absolute Gasteiger partial charge is 0.480 e. The predicted molar refractivity (Wildman–Crippen MR) is 138 cm³/mol. The smallest absolute Gasteiger partial charge is 0.319 e. The second-order valence-electron chi connectivity index (χ2n) is 8.26. The van der Waals surface area contributed by atoms with Gasteiger partial charge in [-0.1, -0.05) is 23.8 Å². The van der Waals surface area contributed by atoms with E-state index in [1.807, 2.05) is 37.6 Å². The zero-order valence-corrected chi connectivity index (χ0v) is 22.2. The van der Waals surface area contributed by atoms with Gasteiger partial charge in [-0.2, -0.15) is 13.4 Å². The standard InChI is InChI=1S/C26H25N5O6S/c1-15-12-16(2)22(17(3)13-15)37-25-18(23(32)31-38(33,34)21-8-6-7-11-27-21)9-10-20(29-25)19-14-28-26(36-5)30-24(19)35-4/h6-14H,1-5H3,(H,31,32). The maximum atomic E-state index is 13.2. The molecule has 11 nitrogen and oxygen atoms in total. The van der Waals surface area contributed by atoms with E-state index in [2.05, 4.69) is 19.9 Å². The van der Waals surface area contributed by atoms with Gasteiger partial charge in [0.1, 0.15) is 11.3 Å². The van der Waals surface area contributed by atoms with Crippen molar-refractivity contribution in [2.45, 2.75) is 25.8 Å². The van der Waals surface area contributed by atoms with E-state index in [4.69, 9.17) is 14.2 Å². The molecule has 0 aliphatic rings. The Bertz CT molecular complexity index is 1590. The maximum Gasteiger partial charge on any atom is 0.319 e. The zero-order valence-electron chi connectivity index (χ0n) is 21.3. The number of sulfonamides is 1. The van der Waals surface area contributed by atoms with Gasteiger partial charge in [0.15, 0.2) is 5.03 Å². The first-order chi connectivity index (χ1) is 18.1. The predicted octanol–water partition coefficient (Wildman–Crippen LogP) is 3.79. The van der Waals surface area contributed by atoms with Gasteiger partial charge in [-0.25, -0.2) is 19.7 Å². The zero-order chi connectivity index (χ0) is 27.4. The molecule has 0 fully saturated rings. The summed E-state index contributed by atoms with van der Waals surface area (Å²) in [4.78, 5) is 29.9. The van der Waals surface area contributed by atoms with Crippen molar-refractivity contribution in [2.75, 3.05) is 14.2 Å². The van der Waals surface area contributed by atoms with Crippen LogP contribution in [0.1, 0.15) is 27.0 Å². The fourth-order valence-corrected chi connectivity index (χ4v) is 4.70. The number of nitrogens with zero attached hydrogens (tertiary/aromatic N) is 4. The minimum absolute atomic E-state index is 0.101. The summed E-state index contributed by atoms with van der Waals surface area (Å²) in [5.74, 6) is -0.387. The molecule has 3 heterocycles. The molecule has 12 heteroatoms. The fourth-order valence-electron chi connectivity index (χ4n) is 3.78. The molecule has 0 bridgehead atoms. The highest BCUT2D eigenvalue weighted by atomic mass is 32.2. The Balaban J connectivity index is 1.81. The molecule has 0 saturated carbocycles. The summed E-state index contributed by atoms with van der Waals surface area (Å²) in [5.41, 5.74) is 3.28. The van der Waals surface area contributed by atoms with E-state index in [0.29, 0.717) is 17.0 Å². The Labute approximate surface area is 219 Å². The number of carbonyl (C=O) groups excluding carboxylic acids is 1. The van der Waals surface area contributed by atoms with Crippen LogP contribution in [0.4, 0.5) is 0 Å². The highest BCUT2D eigenvalue weighted by Gasteiger charge is 2.25. The molecule has 3 aromatic heterocycles. The highest BCUT2D eigenvalue weighted by Crippen LogP contribution is 2.34. The van der Waals surface area contributed by atoms with Gasteiger partial charge < -0.3 is 14.2 Å². The third kappa shape index (κ3) is 5.54. The Kier molecular flexibility index (Phi) is 7.53. The summed E-state index contributed by atoms with van der Waals surface area (Å²) in [7, 11) is -1.38. The molecule has 1 N–H and O–H groups in total. The monoisotopic (exact) mass is 535 g/mol. The van der Waals surface area contributed by atoms with Crippen LogP contribution in [-0.2, 0) is 10.0 Å². The summed E-state index contributed by atoms with van der Waals surface area (Å²) in [6.45, 7) is 5.69. The number of hydrogen-bond donors (Lipinski definition) is 1. The molecular weight excluding hydrogens is 510 g/mol. The average molecular weight is 536 g/mol. The number of carbonyl (C=O) groups is 1. The van der Waals surface area contributed by atoms with Crippen molar-refractivity contribution in [2.24, 2.45) is 0 Å². The lowest BCUT2D eigenvalue weighted by atomic mass is 10.1. The number of ether oxygens (including phenoxy) is 3. The van der Waals surface area contributed by atoms with Gasteiger partial charge in [0.05, 0.1) is 25.5 Å². The molecule has 0 spiro atoms. The van der Waals surface area contributed by atoms with Gasteiger partial charge >= 0.3 is 6.01 Å². The van der Waals surface area contributed by atoms with E-state index in [0.717, 1.165) is 16.7 Å². The van der Waals surface area contributed by atoms with Crippen LogP contribution < -0.4 is 18.9 Å². The lowest BCUT2D eigenvalue weighted by Gasteiger charge is -2.16. The third-order valence-corrected chi connectivity index (χ3v) is 6.68. The molecule has 38 heavy (non-hydrogen) atoms. The minimum atomic E-state index is -4.25. The normalized spacial score (nSPS) is 11.1. The Morgan fingerprint density at radius 3 is 2.26 bits per heavy atom. The van der Waals surface area contributed by atoms with Gasteiger partial charge in [0.25, 0.3) is 15.9 Å². The molecule has 0 aliphatic carbocycles. The molecule has 4 aromatic rings. The lowest BCUT2D eigenvalue weighted by Crippen LogP contribution is -2.31. The third-order valence-electron chi connectivity index (χ3n) is 5.43. The van der Waals surface area contributed by atoms with Crippen LogP contribution in [0.5, 0.6) is 23.5 Å². The van der Waals surface area contributed by atoms with Crippen LogP contribution in [0.2, 0.25) is 0 Å². The summed E-state index contributed by atoms with van der Waals surface area (Å²) < 4.78 is 44.1. The van der Waals surface area contributed by atoms with E-state index in [1.165, 1.54) is 50.9 Å². The summed E-state index contributed by atoms with van der Waals surface area (Å²) in [6, 6.07) is 11.2. The Morgan fingerprint density at radius 1 is 0.895 bits per heavy atom. The SMILES string of the molecule is COc1ncc(-c2ccc(C(=O)NS(=O)(=O)c3ccccn3)c(Oc3c(C)cc(C)cc3C)n2)c(OC)n1. The quantitative estimate of drug-likeness (QED) is 0.354. The second-order valence-corrected chi connectivity index (χ2v) is 9.89. The molecule has 0 atom stereocenters. The number of aromatic nitrogens is 4. The van der Waals surface area contributed by atoms with Gasteiger partial charge in [-0.05, 0) is 56.2 Å². The topological polar surface area (TPSA) is 142 Å². The van der Waals surface area contributed by atoms with Gasteiger partial charge in [-0.15, -0.1) is 0 Å². The first-order valence-corrected chi connectivity index (χ1v) is 12.8. The van der Waals surface area contributed by atoms with Crippen LogP contribution in [0.3, 0.4) is 0 Å². The number of pyridine rings is 2. The summed E-state index contributed by atoms with van der Waals surface area (Å²) in [5, 5.41) is -0.300. The van der Waals surface area contributed by atoms with Gasteiger partial charge in [0.2, 0.25) is 11.8 Å². The number of rotatable bonds is 8. The van der Waals surface area contributed by atoms with E-state index in [9.17, 15) is 13.2 Å². The van der Waals surface area contributed by atoms with E-state index >= 15 is 0 Å². The van der Waals surface area contributed by atoms with Crippen molar-refractivity contribution in [1.82, 2.24) is 24.7 Å². The lowest BCUT2D eigenvalue weighted by molar-refractivity contribution is 0.0978. The number of aryl methyl sites for hydroxylation is 3. The fraction of sp³-hybridized carbons (Fsp3) is 0.192. The van der Waals surface area contributed by atoms with E-state index in [1.54, 1.807) is 6.07 Å². The number of amides is 1. The molecule has 0 unspecified atom stereocenters. The van der Waals surface area contributed by atoms with Crippen molar-refractivity contribution >= 4 is 15.9 Å². The van der Waals surface area contributed by atoms with Gasteiger partial charge in [-0.3, -0.25) is 4.79 Å². The number of nitrogens with one attached hydrogen (secondary N) is 1. The number of methoxy groups -OCH3 is 2. The summed E-state index contributed by atoms with van der Waals surface area (Å²) >= 11 is 0. The summed E-state index contributed by atoms with van der Waals surface area (Å²) in [6.07, 6.45) is 2.78. The molecule has 0 radical (unpaired) electrons. The first-order valence-electron chi connectivity index (χ1n) is 11.3. The molecular formula is C26H25N5O6S. The molecule has 0 aliphatic heterocycles. The highest BCUT2D eigenvalue weighted by molar-refractivity contribution is 7.90. The molecule has 1 amide bonds. The van der Waals surface area contributed by atoms with E-state index in [-0.39, 0.29) is 28.4 Å². The van der Waals surface area contributed by atoms with Crippen LogP contribution in [0.25, 0.3) is 11.3 Å². The average Bonchev–Trinajstić information content (AvgIpc) is 2.90. The van der Waals surface area contributed by atoms with Crippen molar-refractivity contribution in [3.05, 3.63) is 77.1 Å².